The maximum atomic E-state index is 13.8. The van der Waals surface area contributed by atoms with Crippen LogP contribution in [-0.2, 0) is 9.59 Å². The predicted octanol–water partition coefficient (Wildman–Crippen LogP) is 3.07. The summed E-state index contributed by atoms with van der Waals surface area (Å²) in [6, 6.07) is 4.53. The van der Waals surface area contributed by atoms with Crippen LogP contribution in [0.15, 0.2) is 18.2 Å². The van der Waals surface area contributed by atoms with Crippen LogP contribution in [0.3, 0.4) is 0 Å². The third-order valence-electron chi connectivity index (χ3n) is 4.31. The van der Waals surface area contributed by atoms with Crippen LogP contribution in [0.5, 0.6) is 0 Å². The zero-order chi connectivity index (χ0) is 15.7. The minimum atomic E-state index is -0.612. The molecule has 0 aromatic heterocycles. The summed E-state index contributed by atoms with van der Waals surface area (Å²) in [5, 5.41) is 2.59. The Morgan fingerprint density at radius 1 is 1.14 bits per heavy atom. The molecular formula is C16H18ClFN2O2. The number of halogens is 2. The van der Waals surface area contributed by atoms with Crippen molar-refractivity contribution in [1.82, 2.24) is 4.90 Å². The van der Waals surface area contributed by atoms with Crippen molar-refractivity contribution in [3.63, 3.8) is 0 Å². The van der Waals surface area contributed by atoms with E-state index < -0.39 is 5.82 Å². The maximum absolute atomic E-state index is 13.8. The number of likely N-dealkylation sites (tertiary alicyclic amines) is 1. The summed E-state index contributed by atoms with van der Waals surface area (Å²) in [4.78, 5) is 26.0. The summed E-state index contributed by atoms with van der Waals surface area (Å²) < 4.78 is 13.8. The molecule has 2 amide bonds. The maximum Gasteiger partial charge on any atom is 0.227 e. The largest absolute Gasteiger partial charge is 0.342 e. The second-order valence-electron chi connectivity index (χ2n) is 5.96. The number of nitrogens with one attached hydrogen (secondary N) is 1. The number of amides is 2. The minimum absolute atomic E-state index is 0.0114. The Balaban J connectivity index is 1.55. The lowest BCUT2D eigenvalue weighted by molar-refractivity contribution is -0.135. The van der Waals surface area contributed by atoms with E-state index in [2.05, 4.69) is 5.32 Å². The van der Waals surface area contributed by atoms with Gasteiger partial charge in [-0.2, -0.15) is 0 Å². The summed E-state index contributed by atoms with van der Waals surface area (Å²) in [6.45, 7) is 1.21. The molecule has 1 saturated heterocycles. The van der Waals surface area contributed by atoms with Gasteiger partial charge in [0.25, 0.3) is 0 Å². The van der Waals surface area contributed by atoms with Gasteiger partial charge in [0.1, 0.15) is 0 Å². The first-order valence-electron chi connectivity index (χ1n) is 7.60. The Kier molecular flexibility index (Phi) is 4.34. The molecule has 118 valence electrons. The van der Waals surface area contributed by atoms with Crippen LogP contribution in [-0.4, -0.2) is 29.8 Å². The first kappa shape index (κ1) is 15.3. The molecule has 4 nitrogen and oxygen atoms in total. The average molecular weight is 325 g/mol. The Labute approximate surface area is 133 Å². The van der Waals surface area contributed by atoms with Crippen molar-refractivity contribution in [2.24, 2.45) is 11.8 Å². The lowest BCUT2D eigenvalue weighted by Gasteiger charge is -2.31. The highest BCUT2D eigenvalue weighted by Crippen LogP contribution is 2.32. The number of anilines is 1. The Bertz CT molecular complexity index is 596. The van der Waals surface area contributed by atoms with Crippen LogP contribution in [0.1, 0.15) is 25.7 Å². The van der Waals surface area contributed by atoms with Gasteiger partial charge in [0.15, 0.2) is 5.82 Å². The molecule has 6 heteroatoms. The molecule has 1 saturated carbocycles. The van der Waals surface area contributed by atoms with E-state index in [1.54, 1.807) is 6.07 Å². The zero-order valence-corrected chi connectivity index (χ0v) is 12.9. The first-order chi connectivity index (χ1) is 10.6. The topological polar surface area (TPSA) is 49.4 Å². The predicted molar refractivity (Wildman–Crippen MR) is 82.1 cm³/mol. The molecular weight excluding hydrogens is 307 g/mol. The SMILES string of the molecule is O=C(Nc1cccc(Cl)c1F)C1CCN(C(=O)C2CC2)CC1. The van der Waals surface area contributed by atoms with Crippen LogP contribution in [0, 0.1) is 17.7 Å². The third kappa shape index (κ3) is 3.24. The van der Waals surface area contributed by atoms with Crippen molar-refractivity contribution in [2.75, 3.05) is 18.4 Å². The quantitative estimate of drug-likeness (QED) is 0.929. The second-order valence-corrected chi connectivity index (χ2v) is 6.37. The molecule has 1 aromatic rings. The van der Waals surface area contributed by atoms with Crippen molar-refractivity contribution < 1.29 is 14.0 Å². The molecule has 2 aliphatic rings. The molecule has 22 heavy (non-hydrogen) atoms. The highest BCUT2D eigenvalue weighted by molar-refractivity contribution is 6.31. The van der Waals surface area contributed by atoms with Gasteiger partial charge in [-0.3, -0.25) is 9.59 Å². The highest BCUT2D eigenvalue weighted by atomic mass is 35.5. The van der Waals surface area contributed by atoms with Gasteiger partial charge >= 0.3 is 0 Å². The number of nitrogens with zero attached hydrogens (tertiary/aromatic N) is 1. The van der Waals surface area contributed by atoms with Crippen molar-refractivity contribution in [2.45, 2.75) is 25.7 Å². The molecule has 0 unspecified atom stereocenters. The Morgan fingerprint density at radius 2 is 1.82 bits per heavy atom. The first-order valence-corrected chi connectivity index (χ1v) is 7.97. The van der Waals surface area contributed by atoms with Gasteiger partial charge in [-0.15, -0.1) is 0 Å². The molecule has 0 bridgehead atoms. The van der Waals surface area contributed by atoms with Crippen LogP contribution in [0.2, 0.25) is 5.02 Å². The van der Waals surface area contributed by atoms with E-state index in [-0.39, 0.29) is 34.4 Å². The number of carbonyl (C=O) groups excluding carboxylic acids is 2. The summed E-state index contributed by atoms with van der Waals surface area (Å²) in [5.41, 5.74) is 0.106. The molecule has 0 radical (unpaired) electrons. The van der Waals surface area contributed by atoms with Gasteiger partial charge in [-0.25, -0.2) is 4.39 Å². The number of hydrogen-bond acceptors (Lipinski definition) is 2. The summed E-state index contributed by atoms with van der Waals surface area (Å²) in [5.74, 6) is -0.578. The molecule has 3 rings (SSSR count). The van der Waals surface area contributed by atoms with Gasteiger partial charge in [0, 0.05) is 24.9 Å². The van der Waals surface area contributed by atoms with Crippen molar-refractivity contribution in [1.29, 1.82) is 0 Å². The van der Waals surface area contributed by atoms with Gasteiger partial charge in [-0.1, -0.05) is 17.7 Å². The fourth-order valence-electron chi connectivity index (χ4n) is 2.79. The van der Waals surface area contributed by atoms with Gasteiger partial charge in [0.2, 0.25) is 11.8 Å². The van der Waals surface area contributed by atoms with Crippen molar-refractivity contribution >= 4 is 29.1 Å². The van der Waals surface area contributed by atoms with Crippen molar-refractivity contribution in [3.05, 3.63) is 29.0 Å². The lowest BCUT2D eigenvalue weighted by Crippen LogP contribution is -2.42. The third-order valence-corrected chi connectivity index (χ3v) is 4.61. The van der Waals surface area contributed by atoms with Gasteiger partial charge in [0.05, 0.1) is 10.7 Å². The van der Waals surface area contributed by atoms with E-state index in [1.807, 2.05) is 4.90 Å². The van der Waals surface area contributed by atoms with E-state index in [9.17, 15) is 14.0 Å². The molecule has 0 spiro atoms. The Hall–Kier alpha value is -1.62. The smallest absolute Gasteiger partial charge is 0.227 e. The van der Waals surface area contributed by atoms with E-state index in [0.29, 0.717) is 25.9 Å². The molecule has 1 N–H and O–H groups in total. The minimum Gasteiger partial charge on any atom is -0.342 e. The van der Waals surface area contributed by atoms with Crippen LogP contribution >= 0.6 is 11.6 Å². The molecule has 1 aliphatic heterocycles. The molecule has 1 heterocycles. The van der Waals surface area contributed by atoms with E-state index in [4.69, 9.17) is 11.6 Å². The normalized spacial score (nSPS) is 19.1. The van der Waals surface area contributed by atoms with E-state index in [1.165, 1.54) is 12.1 Å². The van der Waals surface area contributed by atoms with E-state index >= 15 is 0 Å². The lowest BCUT2D eigenvalue weighted by atomic mass is 9.95. The zero-order valence-electron chi connectivity index (χ0n) is 12.1. The molecule has 2 fully saturated rings. The molecule has 1 aliphatic carbocycles. The molecule has 1 aromatic carbocycles. The highest BCUT2D eigenvalue weighted by Gasteiger charge is 2.36. The number of benzene rings is 1. The number of rotatable bonds is 3. The standard InChI is InChI=1S/C16H18ClFN2O2/c17-12-2-1-3-13(14(12)18)19-15(21)10-6-8-20(9-7-10)16(22)11-4-5-11/h1-3,10-11H,4-9H2,(H,19,21). The van der Waals surface area contributed by atoms with Crippen LogP contribution in [0.25, 0.3) is 0 Å². The number of hydrogen-bond donors (Lipinski definition) is 1. The van der Waals surface area contributed by atoms with Gasteiger partial charge < -0.3 is 10.2 Å². The van der Waals surface area contributed by atoms with E-state index in [0.717, 1.165) is 12.8 Å². The molecule has 0 atom stereocenters. The summed E-state index contributed by atoms with van der Waals surface area (Å²) in [7, 11) is 0. The monoisotopic (exact) mass is 324 g/mol. The van der Waals surface area contributed by atoms with Crippen LogP contribution < -0.4 is 5.32 Å². The number of carbonyl (C=O) groups is 2. The summed E-state index contributed by atoms with van der Waals surface area (Å²) >= 11 is 5.70. The fourth-order valence-corrected chi connectivity index (χ4v) is 2.96. The van der Waals surface area contributed by atoms with Crippen LogP contribution in [0.4, 0.5) is 10.1 Å². The Morgan fingerprint density at radius 3 is 2.45 bits per heavy atom. The van der Waals surface area contributed by atoms with Gasteiger partial charge in [-0.05, 0) is 37.8 Å². The number of piperidine rings is 1. The second kappa shape index (κ2) is 6.24. The average Bonchev–Trinajstić information content (AvgIpc) is 3.36. The summed E-state index contributed by atoms with van der Waals surface area (Å²) in [6.07, 6.45) is 3.22. The van der Waals surface area contributed by atoms with Crippen molar-refractivity contribution in [3.8, 4) is 0 Å². The fraction of sp³-hybridized carbons (Fsp3) is 0.500.